The van der Waals surface area contributed by atoms with Crippen LogP contribution in [-0.4, -0.2) is 16.2 Å². The Morgan fingerprint density at radius 3 is 1.80 bits per heavy atom. The Kier molecular flexibility index (Phi) is 7.39. The van der Waals surface area contributed by atoms with Crippen molar-refractivity contribution in [3.63, 3.8) is 0 Å². The van der Waals surface area contributed by atoms with Crippen LogP contribution in [0.3, 0.4) is 0 Å². The number of para-hydroxylation sites is 2. The number of amidine groups is 2. The number of aromatic nitrogens is 1. The zero-order valence-electron chi connectivity index (χ0n) is 34.5. The molecule has 0 amide bonds. The van der Waals surface area contributed by atoms with Gasteiger partial charge in [0.15, 0.2) is 5.84 Å². The van der Waals surface area contributed by atoms with Crippen LogP contribution in [0, 0.1) is 0 Å². The van der Waals surface area contributed by atoms with Gasteiger partial charge in [0.25, 0.3) is 0 Å². The summed E-state index contributed by atoms with van der Waals surface area (Å²) in [5.74, 6) is 1.39. The second-order valence-corrected chi connectivity index (χ2v) is 17.0. The third kappa shape index (κ3) is 5.31. The summed E-state index contributed by atoms with van der Waals surface area (Å²) < 4.78 is 9.20. The number of hydrogen-bond acceptors (Lipinski definition) is 4. The second-order valence-electron chi connectivity index (χ2n) is 17.0. The van der Waals surface area contributed by atoms with Crippen LogP contribution >= 0.6 is 0 Å². The molecule has 1 N–H and O–H groups in total. The van der Waals surface area contributed by atoms with E-state index in [9.17, 15) is 0 Å². The molecule has 2 aromatic heterocycles. The van der Waals surface area contributed by atoms with Crippen molar-refractivity contribution >= 4 is 109 Å². The van der Waals surface area contributed by atoms with Gasteiger partial charge in [0.2, 0.25) is 0 Å². The zero-order chi connectivity index (χ0) is 41.9. The van der Waals surface area contributed by atoms with Gasteiger partial charge in [0, 0.05) is 27.3 Å². The van der Waals surface area contributed by atoms with Crippen LogP contribution in [0.1, 0.15) is 22.9 Å². The predicted octanol–water partition coefficient (Wildman–Crippen LogP) is 14.9. The SMILES string of the molecule is c1ccc2cc3c(cc2c1)c1ccccc1n3-c1cc(C2=NC(c3ccc4c(ccc5ccccc54)c3)=NC(c3ccc4c(ccc5ccccc54)c3)N2)cc2oc3ccccc3c12. The Bertz CT molecular complexity index is 4190. The number of nitrogens with zero attached hydrogens (tertiary/aromatic N) is 3. The summed E-state index contributed by atoms with van der Waals surface area (Å²) >= 11 is 0. The maximum Gasteiger partial charge on any atom is 0.159 e. The quantitative estimate of drug-likeness (QED) is 0.180. The highest BCUT2D eigenvalue weighted by Gasteiger charge is 2.26. The van der Waals surface area contributed by atoms with E-state index >= 15 is 0 Å². The highest BCUT2D eigenvalue weighted by molar-refractivity contribution is 6.20. The molecule has 0 bridgehead atoms. The smallest absolute Gasteiger partial charge is 0.159 e. The molecule has 11 aromatic carbocycles. The van der Waals surface area contributed by atoms with Crippen molar-refractivity contribution in [1.82, 2.24) is 9.88 Å². The molecule has 0 fully saturated rings. The van der Waals surface area contributed by atoms with Crippen molar-refractivity contribution in [1.29, 1.82) is 0 Å². The van der Waals surface area contributed by atoms with Crippen LogP contribution in [0.5, 0.6) is 0 Å². The number of nitrogens with one attached hydrogen (secondary N) is 1. The van der Waals surface area contributed by atoms with E-state index in [-0.39, 0.29) is 0 Å². The third-order valence-corrected chi connectivity index (χ3v) is 13.3. The molecule has 5 nitrogen and oxygen atoms in total. The fraction of sp³-hybridized carbons (Fsp3) is 0.0169. The molecule has 14 rings (SSSR count). The predicted molar refractivity (Wildman–Crippen MR) is 267 cm³/mol. The molecule has 13 aromatic rings. The highest BCUT2D eigenvalue weighted by Crippen LogP contribution is 2.41. The lowest BCUT2D eigenvalue weighted by atomic mass is 9.98. The van der Waals surface area contributed by atoms with E-state index < -0.39 is 6.17 Å². The number of rotatable bonds is 4. The maximum atomic E-state index is 6.78. The molecule has 0 spiro atoms. The minimum Gasteiger partial charge on any atom is -0.456 e. The summed E-state index contributed by atoms with van der Waals surface area (Å²) in [6.45, 7) is 0. The molecule has 1 aliphatic rings. The first-order chi connectivity index (χ1) is 31.7. The Balaban J connectivity index is 1.01. The van der Waals surface area contributed by atoms with Gasteiger partial charge in [-0.1, -0.05) is 158 Å². The minimum atomic E-state index is -0.417. The van der Waals surface area contributed by atoms with Gasteiger partial charge in [0.05, 0.1) is 22.1 Å². The fourth-order valence-electron chi connectivity index (χ4n) is 10.3. The fourth-order valence-corrected chi connectivity index (χ4v) is 10.3. The number of benzene rings is 11. The summed E-state index contributed by atoms with van der Waals surface area (Å²) in [4.78, 5) is 10.8. The van der Waals surface area contributed by atoms with Gasteiger partial charge in [-0.05, 0) is 108 Å². The molecule has 0 saturated carbocycles. The molecule has 298 valence electrons. The first-order valence-electron chi connectivity index (χ1n) is 21.8. The maximum absolute atomic E-state index is 6.78. The van der Waals surface area contributed by atoms with Gasteiger partial charge < -0.3 is 14.3 Å². The summed E-state index contributed by atoms with van der Waals surface area (Å²) in [6, 6.07) is 74.1. The van der Waals surface area contributed by atoms with Crippen molar-refractivity contribution in [3.05, 3.63) is 223 Å². The molecule has 1 unspecified atom stereocenters. The molecule has 1 aliphatic heterocycles. The van der Waals surface area contributed by atoms with E-state index in [1.54, 1.807) is 0 Å². The molecular weight excluding hydrogens is 781 g/mol. The van der Waals surface area contributed by atoms with E-state index in [0.29, 0.717) is 5.84 Å². The lowest BCUT2D eigenvalue weighted by molar-refractivity contribution is 0.666. The molecular formula is C59H36N4O. The summed E-state index contributed by atoms with van der Waals surface area (Å²) in [6.07, 6.45) is -0.417. The zero-order valence-corrected chi connectivity index (χ0v) is 34.5. The van der Waals surface area contributed by atoms with E-state index in [1.807, 2.05) is 6.07 Å². The summed E-state index contributed by atoms with van der Waals surface area (Å²) in [5, 5.41) is 20.4. The van der Waals surface area contributed by atoms with Crippen LogP contribution in [0.15, 0.2) is 221 Å². The Morgan fingerprint density at radius 1 is 0.406 bits per heavy atom. The summed E-state index contributed by atoms with van der Waals surface area (Å²) in [7, 11) is 0. The number of aliphatic imine (C=N–C) groups is 2. The topological polar surface area (TPSA) is 54.8 Å². The average molecular weight is 817 g/mol. The molecule has 0 aliphatic carbocycles. The van der Waals surface area contributed by atoms with Crippen molar-refractivity contribution in [2.75, 3.05) is 0 Å². The van der Waals surface area contributed by atoms with Crippen LogP contribution in [-0.2, 0) is 0 Å². The monoisotopic (exact) mass is 816 g/mol. The Labute approximate surface area is 366 Å². The molecule has 0 radical (unpaired) electrons. The summed E-state index contributed by atoms with van der Waals surface area (Å²) in [5.41, 5.74) is 7.84. The average Bonchev–Trinajstić information content (AvgIpc) is 3.90. The molecule has 0 saturated heterocycles. The Hall–Kier alpha value is -8.54. The van der Waals surface area contributed by atoms with Gasteiger partial charge in [-0.3, -0.25) is 0 Å². The third-order valence-electron chi connectivity index (χ3n) is 13.3. The van der Waals surface area contributed by atoms with Gasteiger partial charge >= 0.3 is 0 Å². The van der Waals surface area contributed by atoms with Gasteiger partial charge in [0.1, 0.15) is 23.2 Å². The number of fused-ring (bicyclic) bond motifs is 13. The normalized spacial score (nSPS) is 14.4. The van der Waals surface area contributed by atoms with E-state index in [2.05, 4.69) is 210 Å². The molecule has 5 heteroatoms. The first kappa shape index (κ1) is 35.1. The lowest BCUT2D eigenvalue weighted by Crippen LogP contribution is -2.33. The van der Waals surface area contributed by atoms with E-state index in [0.717, 1.165) is 66.6 Å². The van der Waals surface area contributed by atoms with Gasteiger partial charge in [-0.2, -0.15) is 0 Å². The van der Waals surface area contributed by atoms with E-state index in [1.165, 1.54) is 59.2 Å². The number of furan rings is 1. The first-order valence-corrected chi connectivity index (χ1v) is 21.8. The Morgan fingerprint density at radius 2 is 1.02 bits per heavy atom. The number of hydrogen-bond donors (Lipinski definition) is 1. The van der Waals surface area contributed by atoms with Crippen LogP contribution in [0.25, 0.3) is 103 Å². The van der Waals surface area contributed by atoms with E-state index in [4.69, 9.17) is 14.4 Å². The molecule has 64 heavy (non-hydrogen) atoms. The largest absolute Gasteiger partial charge is 0.456 e. The second kappa shape index (κ2) is 13.5. The van der Waals surface area contributed by atoms with Crippen LogP contribution in [0.2, 0.25) is 0 Å². The van der Waals surface area contributed by atoms with Crippen LogP contribution < -0.4 is 5.32 Å². The molecule has 1 atom stereocenters. The van der Waals surface area contributed by atoms with Crippen molar-refractivity contribution in [2.45, 2.75) is 6.17 Å². The van der Waals surface area contributed by atoms with Crippen LogP contribution in [0.4, 0.5) is 0 Å². The highest BCUT2D eigenvalue weighted by atomic mass is 16.3. The molecule has 3 heterocycles. The van der Waals surface area contributed by atoms with Crippen molar-refractivity contribution < 1.29 is 4.42 Å². The lowest BCUT2D eigenvalue weighted by Gasteiger charge is -2.24. The van der Waals surface area contributed by atoms with Crippen molar-refractivity contribution in [3.8, 4) is 5.69 Å². The van der Waals surface area contributed by atoms with Crippen molar-refractivity contribution in [2.24, 2.45) is 9.98 Å². The van der Waals surface area contributed by atoms with Gasteiger partial charge in [-0.15, -0.1) is 0 Å². The van der Waals surface area contributed by atoms with Gasteiger partial charge in [-0.25, -0.2) is 9.98 Å². The standard InChI is InChI=1S/C59H36N4O/c1-2-14-38-32-52-50(31-37(38)13-1)48-17-7-9-19-51(48)63(52)53-33-43(34-55-56(53)49-18-8-10-20-54(49)64-55)59-61-57(41-25-27-46-39(29-41)23-21-35-11-3-5-15-44(35)46)60-58(62-59)42-26-28-47-40(30-42)24-22-36-12-4-6-16-45(36)47/h1-34,57H,(H,60,61,62). The minimum absolute atomic E-state index is 0.417.